The van der Waals surface area contributed by atoms with Crippen molar-refractivity contribution in [2.24, 2.45) is 15.4 Å². The maximum absolute atomic E-state index is 13.5. The standard InChI is InChI=1S/C23H20FN7O2/c1-14-8-16(4-7-18(14)24)11-26-23(33)20-9-19(27-13-28-20)22(32)25-10-15-2-5-17(6-3-15)21-12-29-31-30-21/h2-9,13H,10-12H2,1H3,(H,25,32)(H,26,33)/i10D2,11D2. The van der Waals surface area contributed by atoms with Crippen LogP contribution in [0.15, 0.2) is 70.3 Å². The van der Waals surface area contributed by atoms with Crippen molar-refractivity contribution in [1.29, 1.82) is 0 Å². The van der Waals surface area contributed by atoms with E-state index in [1.807, 2.05) is 0 Å². The van der Waals surface area contributed by atoms with E-state index in [-0.39, 0.29) is 28.1 Å². The van der Waals surface area contributed by atoms with E-state index in [4.69, 9.17) is 5.48 Å². The monoisotopic (exact) mass is 449 g/mol. The number of carbonyl (C=O) groups excluding carboxylic acids is 2. The number of hydrogen-bond acceptors (Lipinski definition) is 7. The van der Waals surface area contributed by atoms with Crippen molar-refractivity contribution in [2.75, 3.05) is 6.54 Å². The summed E-state index contributed by atoms with van der Waals surface area (Å²) in [5.41, 5.74) is 1.13. The molecule has 0 aliphatic carbocycles. The molecule has 0 saturated heterocycles. The van der Waals surface area contributed by atoms with Gasteiger partial charge in [0.25, 0.3) is 11.8 Å². The van der Waals surface area contributed by atoms with Crippen LogP contribution in [0.2, 0.25) is 0 Å². The first kappa shape index (κ1) is 17.2. The maximum Gasteiger partial charge on any atom is 0.270 e. The fourth-order valence-corrected chi connectivity index (χ4v) is 2.82. The maximum atomic E-state index is 13.5. The molecule has 166 valence electrons. The fraction of sp³-hybridized carbons (Fsp3) is 0.174. The molecule has 0 saturated carbocycles. The minimum Gasteiger partial charge on any atom is -0.347 e. The largest absolute Gasteiger partial charge is 0.347 e. The van der Waals surface area contributed by atoms with E-state index in [1.54, 1.807) is 12.1 Å². The predicted octanol–water partition coefficient (Wildman–Crippen LogP) is 2.95. The number of nitrogens with zero attached hydrogens (tertiary/aromatic N) is 5. The number of benzene rings is 2. The first-order valence-corrected chi connectivity index (χ1v) is 9.74. The lowest BCUT2D eigenvalue weighted by Gasteiger charge is -2.08. The summed E-state index contributed by atoms with van der Waals surface area (Å²) in [5.74, 6) is -2.38. The van der Waals surface area contributed by atoms with Crippen molar-refractivity contribution in [1.82, 2.24) is 20.6 Å². The average Bonchev–Trinajstić information content (AvgIpc) is 3.40. The molecule has 9 nitrogen and oxygen atoms in total. The van der Waals surface area contributed by atoms with Crippen LogP contribution in [0.3, 0.4) is 0 Å². The van der Waals surface area contributed by atoms with Gasteiger partial charge in [-0.15, -0.1) is 5.10 Å². The second-order valence-electron chi connectivity index (χ2n) is 6.92. The van der Waals surface area contributed by atoms with Crippen LogP contribution < -0.4 is 10.6 Å². The van der Waals surface area contributed by atoms with E-state index in [9.17, 15) is 14.0 Å². The van der Waals surface area contributed by atoms with Crippen molar-refractivity contribution >= 4 is 17.5 Å². The molecule has 33 heavy (non-hydrogen) atoms. The van der Waals surface area contributed by atoms with Crippen molar-refractivity contribution in [2.45, 2.75) is 19.9 Å². The number of nitrogens with one attached hydrogen (secondary N) is 2. The van der Waals surface area contributed by atoms with Crippen molar-refractivity contribution in [3.05, 3.63) is 94.3 Å². The fourth-order valence-electron chi connectivity index (χ4n) is 2.82. The number of aryl methyl sites for hydroxylation is 1. The second kappa shape index (κ2) is 9.86. The van der Waals surface area contributed by atoms with Gasteiger partial charge in [0.05, 0.1) is 11.2 Å². The second-order valence-corrected chi connectivity index (χ2v) is 6.92. The van der Waals surface area contributed by atoms with E-state index < -0.39 is 30.6 Å². The predicted molar refractivity (Wildman–Crippen MR) is 118 cm³/mol. The van der Waals surface area contributed by atoms with Gasteiger partial charge in [0.1, 0.15) is 30.1 Å². The van der Waals surface area contributed by atoms with Crippen molar-refractivity contribution in [3.8, 4) is 0 Å². The summed E-state index contributed by atoms with van der Waals surface area (Å²) in [6.07, 6.45) is 0.935. The molecule has 0 spiro atoms. The van der Waals surface area contributed by atoms with Gasteiger partial charge >= 0.3 is 0 Å². The van der Waals surface area contributed by atoms with Crippen LogP contribution in [0.4, 0.5) is 4.39 Å². The molecule has 1 aliphatic heterocycles. The molecule has 0 unspecified atom stereocenters. The minimum absolute atomic E-state index is 0.0229. The van der Waals surface area contributed by atoms with Gasteiger partial charge in [0.2, 0.25) is 0 Å². The molecule has 1 aromatic heterocycles. The van der Waals surface area contributed by atoms with E-state index in [0.717, 1.165) is 24.0 Å². The highest BCUT2D eigenvalue weighted by Gasteiger charge is 2.14. The molecule has 2 heterocycles. The summed E-state index contributed by atoms with van der Waals surface area (Å²) in [6, 6.07) is 10.9. The van der Waals surface area contributed by atoms with Crippen LogP contribution in [-0.4, -0.2) is 34.0 Å². The zero-order valence-electron chi connectivity index (χ0n) is 21.3. The third-order valence-corrected chi connectivity index (χ3v) is 4.60. The molecule has 10 heteroatoms. The summed E-state index contributed by atoms with van der Waals surface area (Å²) >= 11 is 0. The third-order valence-electron chi connectivity index (χ3n) is 4.60. The normalized spacial score (nSPS) is 15.0. The van der Waals surface area contributed by atoms with Gasteiger partial charge in [-0.3, -0.25) is 9.59 Å². The lowest BCUT2D eigenvalue weighted by Crippen LogP contribution is -2.27. The van der Waals surface area contributed by atoms with Gasteiger partial charge in [-0.05, 0) is 40.5 Å². The Morgan fingerprint density at radius 3 is 2.21 bits per heavy atom. The van der Waals surface area contributed by atoms with Crippen LogP contribution >= 0.6 is 0 Å². The van der Waals surface area contributed by atoms with E-state index in [0.29, 0.717) is 12.3 Å². The molecule has 0 fully saturated rings. The number of carbonyl (C=O) groups is 2. The Labute approximate surface area is 194 Å². The van der Waals surface area contributed by atoms with Gasteiger partial charge in [0, 0.05) is 19.1 Å². The van der Waals surface area contributed by atoms with Gasteiger partial charge < -0.3 is 10.6 Å². The van der Waals surface area contributed by atoms with Gasteiger partial charge in [-0.25, -0.2) is 14.4 Å². The SMILES string of the molecule is [2H]C([2H])(NC(=O)c1cc(C(=O)NC([2H])([2H])c2ccc(F)c(C)c2)ncn1)c1ccc(C2=NN=NC2)cc1. The molecule has 0 atom stereocenters. The Hall–Kier alpha value is -4.34. The van der Waals surface area contributed by atoms with Crippen LogP contribution in [0.25, 0.3) is 0 Å². The zero-order valence-corrected chi connectivity index (χ0v) is 17.3. The molecule has 2 N–H and O–H groups in total. The van der Waals surface area contributed by atoms with E-state index >= 15 is 0 Å². The Kier molecular flexibility index (Phi) is 5.15. The van der Waals surface area contributed by atoms with Crippen molar-refractivity contribution in [3.63, 3.8) is 0 Å². The third kappa shape index (κ3) is 5.48. The van der Waals surface area contributed by atoms with Crippen LogP contribution in [0.1, 0.15) is 48.7 Å². The summed E-state index contributed by atoms with van der Waals surface area (Å²) in [6.45, 7) is -2.85. The van der Waals surface area contributed by atoms with Crippen molar-refractivity contribution < 1.29 is 19.5 Å². The minimum atomic E-state index is -2.36. The molecule has 0 bridgehead atoms. The summed E-state index contributed by atoms with van der Waals surface area (Å²) < 4.78 is 46.4. The molecule has 3 aromatic rings. The Balaban J connectivity index is 1.46. The number of hydrogen-bond donors (Lipinski definition) is 2. The lowest BCUT2D eigenvalue weighted by atomic mass is 10.1. The van der Waals surface area contributed by atoms with Crippen LogP contribution in [0.5, 0.6) is 0 Å². The molecular weight excluding hydrogens is 425 g/mol. The van der Waals surface area contributed by atoms with E-state index in [2.05, 4.69) is 36.0 Å². The van der Waals surface area contributed by atoms with Gasteiger partial charge in [-0.1, -0.05) is 36.4 Å². The lowest BCUT2D eigenvalue weighted by molar-refractivity contribution is 0.0944. The average molecular weight is 449 g/mol. The quantitative estimate of drug-likeness (QED) is 0.576. The topological polar surface area (TPSA) is 121 Å². The van der Waals surface area contributed by atoms with Gasteiger partial charge in [0.15, 0.2) is 0 Å². The summed E-state index contributed by atoms with van der Waals surface area (Å²) in [4.78, 5) is 33.0. The first-order chi connectivity index (χ1) is 17.5. The number of aromatic nitrogens is 2. The van der Waals surface area contributed by atoms with Crippen LogP contribution in [0, 0.1) is 12.7 Å². The number of amides is 2. The molecule has 0 radical (unpaired) electrons. The summed E-state index contributed by atoms with van der Waals surface area (Å²) in [7, 11) is 0. The highest BCUT2D eigenvalue weighted by Crippen LogP contribution is 2.11. The number of rotatable bonds is 7. The molecule has 1 aliphatic rings. The Morgan fingerprint density at radius 1 is 0.970 bits per heavy atom. The van der Waals surface area contributed by atoms with Gasteiger partial charge in [-0.2, -0.15) is 5.11 Å². The molecular formula is C23H20FN7O2. The van der Waals surface area contributed by atoms with E-state index in [1.165, 1.54) is 31.2 Å². The zero-order chi connectivity index (χ0) is 26.8. The Morgan fingerprint density at radius 2 is 1.61 bits per heavy atom. The first-order valence-electron chi connectivity index (χ1n) is 11.7. The summed E-state index contributed by atoms with van der Waals surface area (Å²) in [5, 5.41) is 15.6. The molecule has 2 aromatic carbocycles. The highest BCUT2D eigenvalue weighted by molar-refractivity contribution is 6.02. The number of halogens is 1. The molecule has 4 rings (SSSR count). The molecule has 2 amide bonds. The van der Waals surface area contributed by atoms with Crippen LogP contribution in [-0.2, 0) is 13.0 Å². The smallest absolute Gasteiger partial charge is 0.270 e. The highest BCUT2D eigenvalue weighted by atomic mass is 19.1. The Bertz CT molecular complexity index is 1430.